The van der Waals surface area contributed by atoms with E-state index in [0.717, 1.165) is 50.7 Å². The summed E-state index contributed by atoms with van der Waals surface area (Å²) in [6, 6.07) is 0.678. The summed E-state index contributed by atoms with van der Waals surface area (Å²) in [4.78, 5) is 4.62. The van der Waals surface area contributed by atoms with Gasteiger partial charge in [0.1, 0.15) is 0 Å². The van der Waals surface area contributed by atoms with Gasteiger partial charge in [-0.05, 0) is 45.1 Å². The fourth-order valence-corrected chi connectivity index (χ4v) is 3.21. The van der Waals surface area contributed by atoms with Gasteiger partial charge in [-0.25, -0.2) is 0 Å². The molecule has 0 amide bonds. The molecule has 1 aliphatic heterocycles. The normalized spacial score (nSPS) is 30.8. The van der Waals surface area contributed by atoms with Crippen LogP contribution in [-0.4, -0.2) is 35.9 Å². The number of hydrogen-bond donors (Lipinski definition) is 1. The van der Waals surface area contributed by atoms with E-state index in [1.165, 1.54) is 19.3 Å². The van der Waals surface area contributed by atoms with E-state index in [2.05, 4.69) is 22.4 Å². The SMILES string of the molecule is CCCNC1CCC(c2nc(C3CCOC3)no2)CC1. The summed E-state index contributed by atoms with van der Waals surface area (Å²) < 4.78 is 10.9. The highest BCUT2D eigenvalue weighted by atomic mass is 16.5. The number of rotatable bonds is 5. The maximum atomic E-state index is 5.50. The van der Waals surface area contributed by atoms with Crippen molar-refractivity contribution >= 4 is 0 Å². The van der Waals surface area contributed by atoms with Gasteiger partial charge < -0.3 is 14.6 Å². The third-order valence-electron chi connectivity index (χ3n) is 4.51. The van der Waals surface area contributed by atoms with Crippen molar-refractivity contribution in [3.8, 4) is 0 Å². The number of aromatic nitrogens is 2. The topological polar surface area (TPSA) is 60.2 Å². The molecule has 1 aliphatic carbocycles. The fraction of sp³-hybridized carbons (Fsp3) is 0.867. The Hall–Kier alpha value is -0.940. The highest BCUT2D eigenvalue weighted by Crippen LogP contribution is 2.33. The van der Waals surface area contributed by atoms with Crippen LogP contribution in [0, 0.1) is 0 Å². The van der Waals surface area contributed by atoms with Crippen molar-refractivity contribution in [2.75, 3.05) is 19.8 Å². The maximum absolute atomic E-state index is 5.50. The van der Waals surface area contributed by atoms with Crippen molar-refractivity contribution in [2.45, 2.75) is 63.3 Å². The molecule has 1 unspecified atom stereocenters. The molecule has 0 bridgehead atoms. The van der Waals surface area contributed by atoms with E-state index in [9.17, 15) is 0 Å². The van der Waals surface area contributed by atoms with Crippen molar-refractivity contribution in [1.82, 2.24) is 15.5 Å². The van der Waals surface area contributed by atoms with Crippen LogP contribution in [0.3, 0.4) is 0 Å². The Bertz CT molecular complexity index is 407. The average molecular weight is 279 g/mol. The predicted molar refractivity (Wildman–Crippen MR) is 75.8 cm³/mol. The number of hydrogen-bond acceptors (Lipinski definition) is 5. The molecule has 20 heavy (non-hydrogen) atoms. The summed E-state index contributed by atoms with van der Waals surface area (Å²) in [7, 11) is 0. The average Bonchev–Trinajstić information content (AvgIpc) is 3.16. The van der Waals surface area contributed by atoms with Gasteiger partial charge in [0, 0.05) is 24.5 Å². The van der Waals surface area contributed by atoms with E-state index in [4.69, 9.17) is 9.26 Å². The van der Waals surface area contributed by atoms with Gasteiger partial charge in [0.05, 0.1) is 6.61 Å². The Balaban J connectivity index is 1.52. The lowest BCUT2D eigenvalue weighted by molar-refractivity contribution is 0.192. The molecule has 1 aromatic rings. The molecule has 2 aliphatic rings. The summed E-state index contributed by atoms with van der Waals surface area (Å²) in [6.07, 6.45) is 6.97. The molecule has 2 fully saturated rings. The second kappa shape index (κ2) is 6.68. The summed E-state index contributed by atoms with van der Waals surface area (Å²) in [5, 5.41) is 7.77. The molecule has 3 rings (SSSR count). The van der Waals surface area contributed by atoms with Gasteiger partial charge in [-0.2, -0.15) is 4.98 Å². The van der Waals surface area contributed by atoms with Crippen molar-refractivity contribution in [3.05, 3.63) is 11.7 Å². The van der Waals surface area contributed by atoms with Crippen LogP contribution in [-0.2, 0) is 4.74 Å². The van der Waals surface area contributed by atoms with E-state index < -0.39 is 0 Å². The van der Waals surface area contributed by atoms with Gasteiger partial charge in [0.15, 0.2) is 5.82 Å². The smallest absolute Gasteiger partial charge is 0.229 e. The van der Waals surface area contributed by atoms with Crippen LogP contribution in [0.4, 0.5) is 0 Å². The lowest BCUT2D eigenvalue weighted by atomic mass is 9.86. The van der Waals surface area contributed by atoms with Crippen LogP contribution in [0.25, 0.3) is 0 Å². The van der Waals surface area contributed by atoms with Crippen LogP contribution in [0.2, 0.25) is 0 Å². The summed E-state index contributed by atoms with van der Waals surface area (Å²) in [5.41, 5.74) is 0. The van der Waals surface area contributed by atoms with E-state index in [0.29, 0.717) is 17.9 Å². The summed E-state index contributed by atoms with van der Waals surface area (Å²) in [5.74, 6) is 2.50. The molecule has 1 atom stereocenters. The quantitative estimate of drug-likeness (QED) is 0.897. The minimum atomic E-state index is 0.343. The molecule has 5 nitrogen and oxygen atoms in total. The Morgan fingerprint density at radius 2 is 2.00 bits per heavy atom. The van der Waals surface area contributed by atoms with Crippen LogP contribution in [0.1, 0.15) is 69.0 Å². The molecule has 112 valence electrons. The lowest BCUT2D eigenvalue weighted by Gasteiger charge is -2.27. The number of nitrogens with one attached hydrogen (secondary N) is 1. The first-order valence-corrected chi connectivity index (χ1v) is 8.01. The third kappa shape index (κ3) is 3.20. The van der Waals surface area contributed by atoms with Gasteiger partial charge in [-0.15, -0.1) is 0 Å². The van der Waals surface area contributed by atoms with Gasteiger partial charge in [-0.1, -0.05) is 12.1 Å². The summed E-state index contributed by atoms with van der Waals surface area (Å²) in [6.45, 7) is 4.91. The zero-order valence-electron chi connectivity index (χ0n) is 12.3. The van der Waals surface area contributed by atoms with Crippen LogP contribution in [0.5, 0.6) is 0 Å². The maximum Gasteiger partial charge on any atom is 0.229 e. The van der Waals surface area contributed by atoms with Crippen LogP contribution < -0.4 is 5.32 Å². The summed E-state index contributed by atoms with van der Waals surface area (Å²) >= 11 is 0. The molecule has 5 heteroatoms. The molecular weight excluding hydrogens is 254 g/mol. The van der Waals surface area contributed by atoms with E-state index in [-0.39, 0.29) is 0 Å². The first-order valence-electron chi connectivity index (χ1n) is 8.01. The highest BCUT2D eigenvalue weighted by Gasteiger charge is 2.28. The Morgan fingerprint density at radius 1 is 1.15 bits per heavy atom. The first-order chi connectivity index (χ1) is 9.86. The molecule has 1 N–H and O–H groups in total. The van der Waals surface area contributed by atoms with Gasteiger partial charge in [0.25, 0.3) is 0 Å². The molecule has 0 radical (unpaired) electrons. The standard InChI is InChI=1S/C15H25N3O2/c1-2-8-16-13-5-3-11(4-6-13)15-17-14(18-20-15)12-7-9-19-10-12/h11-13,16H,2-10H2,1H3. The predicted octanol–water partition coefficient (Wildman–Crippen LogP) is 2.60. The molecule has 1 saturated heterocycles. The first kappa shape index (κ1) is 14.0. The molecular formula is C15H25N3O2. The van der Waals surface area contributed by atoms with Gasteiger partial charge >= 0.3 is 0 Å². The van der Waals surface area contributed by atoms with Crippen molar-refractivity contribution in [2.24, 2.45) is 0 Å². The highest BCUT2D eigenvalue weighted by molar-refractivity contribution is 5.02. The molecule has 0 aromatic carbocycles. The Kier molecular flexibility index (Phi) is 4.68. The zero-order valence-corrected chi connectivity index (χ0v) is 12.3. The molecule has 1 aromatic heterocycles. The van der Waals surface area contributed by atoms with Crippen molar-refractivity contribution in [1.29, 1.82) is 0 Å². The second-order valence-corrected chi connectivity index (χ2v) is 6.05. The molecule has 1 saturated carbocycles. The van der Waals surface area contributed by atoms with Crippen LogP contribution in [0.15, 0.2) is 4.52 Å². The minimum absolute atomic E-state index is 0.343. The Morgan fingerprint density at radius 3 is 2.70 bits per heavy atom. The number of ether oxygens (including phenoxy) is 1. The Labute approximate surface area is 120 Å². The van der Waals surface area contributed by atoms with E-state index >= 15 is 0 Å². The van der Waals surface area contributed by atoms with E-state index in [1.807, 2.05) is 0 Å². The largest absolute Gasteiger partial charge is 0.381 e. The zero-order chi connectivity index (χ0) is 13.8. The van der Waals surface area contributed by atoms with Gasteiger partial charge in [-0.3, -0.25) is 0 Å². The third-order valence-corrected chi connectivity index (χ3v) is 4.51. The van der Waals surface area contributed by atoms with Crippen molar-refractivity contribution < 1.29 is 9.26 Å². The van der Waals surface area contributed by atoms with Gasteiger partial charge in [0.2, 0.25) is 5.89 Å². The molecule has 0 spiro atoms. The fourth-order valence-electron chi connectivity index (χ4n) is 3.21. The van der Waals surface area contributed by atoms with Crippen LogP contribution >= 0.6 is 0 Å². The second-order valence-electron chi connectivity index (χ2n) is 6.05. The van der Waals surface area contributed by atoms with E-state index in [1.54, 1.807) is 0 Å². The lowest BCUT2D eigenvalue weighted by Crippen LogP contribution is -2.33. The monoisotopic (exact) mass is 279 g/mol. The number of nitrogens with zero attached hydrogens (tertiary/aromatic N) is 2. The van der Waals surface area contributed by atoms with Crippen molar-refractivity contribution in [3.63, 3.8) is 0 Å². The minimum Gasteiger partial charge on any atom is -0.381 e. The molecule has 2 heterocycles.